The van der Waals surface area contributed by atoms with Crippen LogP contribution in [0.3, 0.4) is 0 Å². The molecule has 0 fully saturated rings. The molecule has 0 atom stereocenters. The molecule has 0 radical (unpaired) electrons. The minimum Gasteiger partial charge on any atom is -0.463 e. The van der Waals surface area contributed by atoms with Crippen LogP contribution in [0.25, 0.3) is 0 Å². The first-order valence-corrected chi connectivity index (χ1v) is 13.4. The molecule has 5 nitrogen and oxygen atoms in total. The predicted molar refractivity (Wildman–Crippen MR) is 93.6 cm³/mol. The lowest BCUT2D eigenvalue weighted by molar-refractivity contribution is -0.137. The zero-order valence-electron chi connectivity index (χ0n) is 14.4. The first-order valence-electron chi connectivity index (χ1n) is 8.35. The highest BCUT2D eigenvalue weighted by Crippen LogP contribution is 2.13. The molecule has 0 aliphatic rings. The van der Waals surface area contributed by atoms with Gasteiger partial charge in [0.05, 0.1) is 6.61 Å². The summed E-state index contributed by atoms with van der Waals surface area (Å²) < 4.78 is 23.2. The molecule has 130 valence electrons. The summed E-state index contributed by atoms with van der Waals surface area (Å²) in [6, 6.07) is 0.994. The molecule has 0 amide bonds. The number of hydrogen-bond acceptors (Lipinski definition) is 5. The SMILES string of the molecule is C=CC(=O)OCCC[SiH2][Si](OCCC)(OCCC)OCCC. The Hall–Kier alpha value is -0.476. The summed E-state index contributed by atoms with van der Waals surface area (Å²) >= 11 is 0. The highest BCUT2D eigenvalue weighted by atomic mass is 29.2. The van der Waals surface area contributed by atoms with Crippen molar-refractivity contribution in [2.75, 3.05) is 26.4 Å². The van der Waals surface area contributed by atoms with Gasteiger partial charge in [0, 0.05) is 25.9 Å². The Balaban J connectivity index is 4.38. The third-order valence-corrected chi connectivity index (χ3v) is 11.0. The Kier molecular flexibility index (Phi) is 13.8. The van der Waals surface area contributed by atoms with Crippen molar-refractivity contribution in [3.8, 4) is 0 Å². The zero-order valence-corrected chi connectivity index (χ0v) is 16.8. The minimum atomic E-state index is -2.47. The average molecular weight is 349 g/mol. The Morgan fingerprint density at radius 1 is 1.00 bits per heavy atom. The van der Waals surface area contributed by atoms with Gasteiger partial charge in [-0.25, -0.2) is 4.79 Å². The summed E-state index contributed by atoms with van der Waals surface area (Å²) in [7, 11) is -3.10. The largest absolute Gasteiger partial charge is 0.463 e. The maximum Gasteiger partial charge on any atom is 0.462 e. The van der Waals surface area contributed by atoms with Gasteiger partial charge in [0.25, 0.3) is 0 Å². The third kappa shape index (κ3) is 10.3. The van der Waals surface area contributed by atoms with Crippen LogP contribution in [0.2, 0.25) is 6.04 Å². The summed E-state index contributed by atoms with van der Waals surface area (Å²) in [5.74, 6) is -0.364. The van der Waals surface area contributed by atoms with E-state index in [1.807, 2.05) is 0 Å². The smallest absolute Gasteiger partial charge is 0.462 e. The van der Waals surface area contributed by atoms with Crippen molar-refractivity contribution in [3.63, 3.8) is 0 Å². The summed E-state index contributed by atoms with van der Waals surface area (Å²) in [5.41, 5.74) is 0. The lowest BCUT2D eigenvalue weighted by Crippen LogP contribution is -2.52. The van der Waals surface area contributed by atoms with Gasteiger partial charge in [0.2, 0.25) is 0 Å². The van der Waals surface area contributed by atoms with E-state index >= 15 is 0 Å². The van der Waals surface area contributed by atoms with Crippen LogP contribution in [0.15, 0.2) is 12.7 Å². The number of carbonyl (C=O) groups excluding carboxylic acids is 1. The van der Waals surface area contributed by atoms with Gasteiger partial charge in [-0.05, 0) is 25.7 Å². The Morgan fingerprint density at radius 3 is 1.91 bits per heavy atom. The number of carbonyl (C=O) groups is 1. The van der Waals surface area contributed by atoms with E-state index in [0.29, 0.717) is 26.4 Å². The van der Waals surface area contributed by atoms with Gasteiger partial charge in [-0.3, -0.25) is 0 Å². The monoisotopic (exact) mass is 348 g/mol. The Bertz CT molecular complexity index is 278. The van der Waals surface area contributed by atoms with Crippen LogP contribution in [0.1, 0.15) is 46.5 Å². The molecule has 0 rings (SSSR count). The lowest BCUT2D eigenvalue weighted by Gasteiger charge is -2.30. The van der Waals surface area contributed by atoms with Crippen LogP contribution in [-0.2, 0) is 22.8 Å². The number of hydrogen-bond donors (Lipinski definition) is 0. The first-order chi connectivity index (χ1) is 10.6. The zero-order chi connectivity index (χ0) is 16.7. The van der Waals surface area contributed by atoms with Crippen LogP contribution in [0.4, 0.5) is 0 Å². The van der Waals surface area contributed by atoms with Crippen molar-refractivity contribution in [3.05, 3.63) is 12.7 Å². The van der Waals surface area contributed by atoms with E-state index in [4.69, 9.17) is 18.0 Å². The maximum absolute atomic E-state index is 11.0. The van der Waals surface area contributed by atoms with Crippen LogP contribution >= 0.6 is 0 Å². The Labute approximate surface area is 138 Å². The van der Waals surface area contributed by atoms with E-state index in [1.54, 1.807) is 0 Å². The fourth-order valence-electron chi connectivity index (χ4n) is 1.79. The second kappa shape index (κ2) is 14.1. The summed E-state index contributed by atoms with van der Waals surface area (Å²) in [5, 5.41) is 0. The van der Waals surface area contributed by atoms with Crippen LogP contribution < -0.4 is 0 Å². The molecule has 0 aromatic rings. The molecule has 0 aromatic heterocycles. The number of ether oxygens (including phenoxy) is 1. The molecule has 0 saturated carbocycles. The first kappa shape index (κ1) is 21.5. The minimum absolute atomic E-state index is 0.364. The summed E-state index contributed by atoms with van der Waals surface area (Å²) in [6.45, 7) is 12.2. The Morgan fingerprint density at radius 2 is 1.50 bits per heavy atom. The molecule has 7 heteroatoms. The van der Waals surface area contributed by atoms with Gasteiger partial charge in [-0.2, -0.15) is 0 Å². The van der Waals surface area contributed by atoms with Gasteiger partial charge in [0.15, 0.2) is 0 Å². The van der Waals surface area contributed by atoms with E-state index in [0.717, 1.165) is 31.7 Å². The highest BCUT2D eigenvalue weighted by Gasteiger charge is 2.39. The van der Waals surface area contributed by atoms with E-state index in [1.165, 1.54) is 6.08 Å². The van der Waals surface area contributed by atoms with E-state index in [-0.39, 0.29) is 5.97 Å². The molecule has 0 aliphatic heterocycles. The predicted octanol–water partition coefficient (Wildman–Crippen LogP) is 2.41. The van der Waals surface area contributed by atoms with E-state index < -0.39 is 17.4 Å². The third-order valence-electron chi connectivity index (χ3n) is 2.87. The van der Waals surface area contributed by atoms with Crippen molar-refractivity contribution in [2.45, 2.75) is 52.5 Å². The lowest BCUT2D eigenvalue weighted by atomic mass is 10.5. The normalized spacial score (nSPS) is 12.0. The molecule has 0 unspecified atom stereocenters. The fourth-order valence-corrected chi connectivity index (χ4v) is 9.55. The van der Waals surface area contributed by atoms with Crippen LogP contribution in [0.5, 0.6) is 0 Å². The quantitative estimate of drug-likeness (QED) is 0.197. The number of rotatable bonds is 15. The van der Waals surface area contributed by atoms with Crippen LogP contribution in [0, 0.1) is 0 Å². The van der Waals surface area contributed by atoms with Gasteiger partial charge in [0.1, 0.15) is 9.04 Å². The van der Waals surface area contributed by atoms with Crippen LogP contribution in [-0.4, -0.2) is 49.8 Å². The second-order valence-electron chi connectivity index (χ2n) is 5.06. The highest BCUT2D eigenvalue weighted by molar-refractivity contribution is 7.14. The van der Waals surface area contributed by atoms with Gasteiger partial charge < -0.3 is 18.0 Å². The molecular weight excluding hydrogens is 316 g/mol. The molecule has 22 heavy (non-hydrogen) atoms. The fraction of sp³-hybridized carbons (Fsp3) is 0.800. The van der Waals surface area contributed by atoms with E-state index in [2.05, 4.69) is 27.4 Å². The average Bonchev–Trinajstić information content (AvgIpc) is 2.55. The number of esters is 1. The topological polar surface area (TPSA) is 54.0 Å². The van der Waals surface area contributed by atoms with Crippen molar-refractivity contribution in [2.24, 2.45) is 0 Å². The molecule has 0 aromatic carbocycles. The van der Waals surface area contributed by atoms with Gasteiger partial charge in [-0.1, -0.05) is 33.4 Å². The second-order valence-corrected chi connectivity index (χ2v) is 12.6. The van der Waals surface area contributed by atoms with Gasteiger partial charge >= 0.3 is 14.3 Å². The maximum atomic E-state index is 11.0. The molecule has 0 N–H and O–H groups in total. The van der Waals surface area contributed by atoms with Crippen molar-refractivity contribution >= 4 is 23.3 Å². The summed E-state index contributed by atoms with van der Waals surface area (Å²) in [4.78, 5) is 11.0. The van der Waals surface area contributed by atoms with Crippen molar-refractivity contribution < 1.29 is 22.8 Å². The molecular formula is C15H32O5Si2. The van der Waals surface area contributed by atoms with Crippen molar-refractivity contribution in [1.82, 2.24) is 0 Å². The molecule has 0 spiro atoms. The van der Waals surface area contributed by atoms with Gasteiger partial charge in [-0.15, -0.1) is 0 Å². The van der Waals surface area contributed by atoms with E-state index in [9.17, 15) is 4.79 Å². The van der Waals surface area contributed by atoms with Crippen molar-refractivity contribution in [1.29, 1.82) is 0 Å². The molecule has 0 aliphatic carbocycles. The molecule has 0 bridgehead atoms. The molecule has 0 saturated heterocycles. The summed E-state index contributed by atoms with van der Waals surface area (Å²) in [6.07, 6.45) is 4.91. The standard InChI is InChI=1S/C15H32O5Si2/c1-5-10-18-22(19-11-6-2,20-12-7-3)21-14-9-13-17-15(16)8-4/h8H,4-7,9-14,21H2,1-3H3. The molecule has 0 heterocycles.